The first-order valence-electron chi connectivity index (χ1n) is 5.34. The number of aliphatic carboxylic acids is 1. The van der Waals surface area contributed by atoms with Gasteiger partial charge in [0.25, 0.3) is 5.97 Å². The van der Waals surface area contributed by atoms with Gasteiger partial charge in [-0.1, -0.05) is 0 Å². The zero-order valence-electron chi connectivity index (χ0n) is 9.31. The maximum absolute atomic E-state index is 9.00. The molecule has 0 atom stereocenters. The molecule has 0 aliphatic rings. The van der Waals surface area contributed by atoms with Crippen LogP contribution in [0.3, 0.4) is 0 Å². The van der Waals surface area contributed by atoms with E-state index in [-0.39, 0.29) is 21.1 Å². The van der Waals surface area contributed by atoms with E-state index < -0.39 is 5.97 Å². The summed E-state index contributed by atoms with van der Waals surface area (Å²) in [6.45, 7) is 5.68. The van der Waals surface area contributed by atoms with E-state index >= 15 is 0 Å². The number of unbranched alkanes of at least 4 members (excludes halogenated alkanes) is 2. The van der Waals surface area contributed by atoms with Crippen LogP contribution in [-0.4, -0.2) is 32.2 Å². The molecular weight excluding hydrogens is 271 g/mol. The molecule has 0 saturated carbocycles. The summed E-state index contributed by atoms with van der Waals surface area (Å²) in [5.74, 6) is -0.833. The van der Waals surface area contributed by atoms with Gasteiger partial charge < -0.3 is 5.11 Å². The quantitative estimate of drug-likeness (QED) is 0.604. The van der Waals surface area contributed by atoms with E-state index in [2.05, 4.69) is 13.8 Å². The second kappa shape index (κ2) is 14.8. The summed E-state index contributed by atoms with van der Waals surface area (Å²) in [5.41, 5.74) is 0. The molecule has 0 aliphatic heterocycles. The van der Waals surface area contributed by atoms with Crippen molar-refractivity contribution >= 4 is 27.1 Å². The van der Waals surface area contributed by atoms with E-state index in [9.17, 15) is 0 Å². The van der Waals surface area contributed by atoms with E-state index in [0.29, 0.717) is 0 Å². The summed E-state index contributed by atoms with van der Waals surface area (Å²) in [6, 6.07) is 0. The van der Waals surface area contributed by atoms with E-state index in [0.717, 1.165) is 6.92 Å². The zero-order chi connectivity index (χ0) is 10.5. The van der Waals surface area contributed by atoms with Crippen molar-refractivity contribution in [2.45, 2.75) is 55.3 Å². The molecule has 0 aliphatic carbocycles. The third-order valence-electron chi connectivity index (χ3n) is 1.71. The Morgan fingerprint density at radius 2 is 1.46 bits per heavy atom. The van der Waals surface area contributed by atoms with E-state index in [1.165, 1.54) is 25.7 Å². The third kappa shape index (κ3) is 32.9. The molecule has 0 bridgehead atoms. The molecule has 3 heteroatoms. The molecule has 0 saturated heterocycles. The minimum absolute atomic E-state index is 0.159. The fourth-order valence-corrected chi connectivity index (χ4v) is 6.91. The van der Waals surface area contributed by atoms with Crippen LogP contribution in [0.2, 0.25) is 8.87 Å². The fourth-order valence-electron chi connectivity index (χ4n) is 1.03. The zero-order valence-corrected chi connectivity index (χ0v) is 13.3. The van der Waals surface area contributed by atoms with Gasteiger partial charge in [0.2, 0.25) is 0 Å². The Kier molecular flexibility index (Phi) is 17.9. The maximum atomic E-state index is 9.00. The molecule has 0 unspecified atom stereocenters. The molecule has 2 nitrogen and oxygen atoms in total. The third-order valence-corrected chi connectivity index (χ3v) is 7.42. The molecule has 0 radical (unpaired) electrons. The van der Waals surface area contributed by atoms with Gasteiger partial charge in [-0.15, -0.1) is 0 Å². The SMILES string of the molecule is CC(=O)O.CCC[CH2][SnH2][CH2]CCC. The van der Waals surface area contributed by atoms with Crippen LogP contribution in [0, 0.1) is 0 Å². The van der Waals surface area contributed by atoms with Crippen LogP contribution in [0.4, 0.5) is 0 Å². The average Bonchev–Trinajstić information content (AvgIpc) is 2.03. The number of rotatable bonds is 6. The first-order valence-corrected chi connectivity index (χ1v) is 11.1. The summed E-state index contributed by atoms with van der Waals surface area (Å²) in [4.78, 5) is 9.00. The molecule has 0 heterocycles. The molecule has 0 fully saturated rings. The summed E-state index contributed by atoms with van der Waals surface area (Å²) < 4.78 is 3.33. The van der Waals surface area contributed by atoms with Gasteiger partial charge in [0.1, 0.15) is 0 Å². The van der Waals surface area contributed by atoms with Gasteiger partial charge in [-0.3, -0.25) is 4.79 Å². The van der Waals surface area contributed by atoms with E-state index in [4.69, 9.17) is 9.90 Å². The van der Waals surface area contributed by atoms with Gasteiger partial charge in [-0.2, -0.15) is 0 Å². The Bertz CT molecular complexity index is 95.1. The number of carboxylic acid groups (broad SMARTS) is 1. The Hall–Kier alpha value is 0.269. The van der Waals surface area contributed by atoms with Crippen molar-refractivity contribution in [3.05, 3.63) is 0 Å². The first kappa shape index (κ1) is 15.7. The van der Waals surface area contributed by atoms with Gasteiger partial charge >= 0.3 is 69.5 Å². The van der Waals surface area contributed by atoms with Gasteiger partial charge in [0, 0.05) is 6.92 Å². The second-order valence-corrected chi connectivity index (χ2v) is 9.34. The number of carboxylic acids is 1. The van der Waals surface area contributed by atoms with Gasteiger partial charge in [0.05, 0.1) is 0 Å². The van der Waals surface area contributed by atoms with Crippen LogP contribution in [0.1, 0.15) is 46.5 Å². The molecule has 0 amide bonds. The van der Waals surface area contributed by atoms with Crippen LogP contribution >= 0.6 is 0 Å². The normalized spacial score (nSPS) is 8.85. The molecule has 0 aromatic heterocycles. The van der Waals surface area contributed by atoms with Crippen molar-refractivity contribution in [2.75, 3.05) is 0 Å². The first-order chi connectivity index (χ1) is 6.15. The number of hydrogen-bond acceptors (Lipinski definition) is 1. The predicted octanol–water partition coefficient (Wildman–Crippen LogP) is 2.68. The second-order valence-electron chi connectivity index (χ2n) is 3.29. The molecule has 0 aromatic carbocycles. The Morgan fingerprint density at radius 1 is 1.15 bits per heavy atom. The number of carbonyl (C=O) groups is 1. The summed E-state index contributed by atoms with van der Waals surface area (Å²) >= 11 is -0.159. The van der Waals surface area contributed by atoms with Crippen molar-refractivity contribution in [3.8, 4) is 0 Å². The van der Waals surface area contributed by atoms with Crippen LogP contribution in [0.5, 0.6) is 0 Å². The van der Waals surface area contributed by atoms with Crippen molar-refractivity contribution in [2.24, 2.45) is 0 Å². The summed E-state index contributed by atoms with van der Waals surface area (Å²) in [7, 11) is 0. The summed E-state index contributed by atoms with van der Waals surface area (Å²) in [5, 5.41) is 7.42. The topological polar surface area (TPSA) is 37.3 Å². The van der Waals surface area contributed by atoms with Crippen molar-refractivity contribution in [1.82, 2.24) is 0 Å². The monoisotopic (exact) mass is 296 g/mol. The van der Waals surface area contributed by atoms with E-state index in [1.54, 1.807) is 8.87 Å². The van der Waals surface area contributed by atoms with Crippen LogP contribution in [0.25, 0.3) is 0 Å². The minimum atomic E-state index is -0.833. The van der Waals surface area contributed by atoms with Crippen LogP contribution in [-0.2, 0) is 4.79 Å². The van der Waals surface area contributed by atoms with Gasteiger partial charge in [-0.25, -0.2) is 0 Å². The predicted molar refractivity (Wildman–Crippen MR) is 61.3 cm³/mol. The van der Waals surface area contributed by atoms with Gasteiger partial charge in [0.15, 0.2) is 0 Å². The molecule has 13 heavy (non-hydrogen) atoms. The van der Waals surface area contributed by atoms with Crippen molar-refractivity contribution in [1.29, 1.82) is 0 Å². The Balaban J connectivity index is 0. The van der Waals surface area contributed by atoms with E-state index in [1.807, 2.05) is 0 Å². The fraction of sp³-hybridized carbons (Fsp3) is 0.900. The van der Waals surface area contributed by atoms with Crippen molar-refractivity contribution in [3.63, 3.8) is 0 Å². The Labute approximate surface area is 92.3 Å². The summed E-state index contributed by atoms with van der Waals surface area (Å²) in [6.07, 6.45) is 5.89. The standard InChI is InChI=1S/2C4H9.C2H4O2.Sn.2H/c2*1-3-4-2;1-2(3)4;;;/h2*1,3-4H2,2H3;1H3,(H,3,4);;;. The molecule has 0 rings (SSSR count). The molecule has 80 valence electrons. The molecule has 0 spiro atoms. The van der Waals surface area contributed by atoms with Crippen LogP contribution < -0.4 is 0 Å². The molecule has 1 N–H and O–H groups in total. The Morgan fingerprint density at radius 3 is 1.69 bits per heavy atom. The average molecular weight is 295 g/mol. The molecule has 0 aromatic rings. The number of hydrogen-bond donors (Lipinski definition) is 1. The molecular formula is C10H24O2Sn. The van der Waals surface area contributed by atoms with Crippen molar-refractivity contribution < 1.29 is 9.90 Å². The van der Waals surface area contributed by atoms with Crippen LogP contribution in [0.15, 0.2) is 0 Å². The van der Waals surface area contributed by atoms with Gasteiger partial charge in [-0.05, 0) is 0 Å².